The number of hydrogen-bond acceptors (Lipinski definition) is 5. The van der Waals surface area contributed by atoms with Crippen LogP contribution in [0.3, 0.4) is 0 Å². The molecule has 6 nitrogen and oxygen atoms in total. The SMILES string of the molecule is NC(=O)C(OC(=O)CCc1nc2ccccc2o1)c1ccccc1. The summed E-state index contributed by atoms with van der Waals surface area (Å²) >= 11 is 0. The van der Waals surface area contributed by atoms with Gasteiger partial charge in [-0.25, -0.2) is 4.98 Å². The lowest BCUT2D eigenvalue weighted by molar-refractivity contribution is -0.155. The number of primary amides is 1. The first-order chi connectivity index (χ1) is 11.6. The zero-order valence-corrected chi connectivity index (χ0v) is 12.8. The van der Waals surface area contributed by atoms with Gasteiger partial charge in [0.05, 0.1) is 6.42 Å². The molecule has 24 heavy (non-hydrogen) atoms. The highest BCUT2D eigenvalue weighted by Gasteiger charge is 2.22. The largest absolute Gasteiger partial charge is 0.447 e. The van der Waals surface area contributed by atoms with Crippen LogP contribution in [-0.2, 0) is 20.7 Å². The molecule has 0 spiro atoms. The number of carbonyl (C=O) groups excluding carboxylic acids is 2. The molecule has 0 aliphatic rings. The lowest BCUT2D eigenvalue weighted by Crippen LogP contribution is -2.26. The van der Waals surface area contributed by atoms with E-state index in [0.717, 1.165) is 5.52 Å². The van der Waals surface area contributed by atoms with Crippen LogP contribution in [0.1, 0.15) is 24.0 Å². The third-order valence-electron chi connectivity index (χ3n) is 3.49. The van der Waals surface area contributed by atoms with Crippen LogP contribution in [0.5, 0.6) is 0 Å². The number of fused-ring (bicyclic) bond motifs is 1. The van der Waals surface area contributed by atoms with Crippen molar-refractivity contribution in [2.75, 3.05) is 0 Å². The average Bonchev–Trinajstić information content (AvgIpc) is 3.01. The van der Waals surface area contributed by atoms with Crippen molar-refractivity contribution in [3.05, 3.63) is 66.1 Å². The van der Waals surface area contributed by atoms with Crippen molar-refractivity contribution < 1.29 is 18.7 Å². The molecule has 122 valence electrons. The summed E-state index contributed by atoms with van der Waals surface area (Å²) < 4.78 is 10.8. The minimum atomic E-state index is -1.10. The topological polar surface area (TPSA) is 95.4 Å². The first kappa shape index (κ1) is 15.7. The van der Waals surface area contributed by atoms with E-state index in [-0.39, 0.29) is 12.8 Å². The minimum Gasteiger partial charge on any atom is -0.447 e. The summed E-state index contributed by atoms with van der Waals surface area (Å²) in [6, 6.07) is 16.0. The maximum absolute atomic E-state index is 12.0. The molecule has 0 aliphatic heterocycles. The van der Waals surface area contributed by atoms with E-state index in [9.17, 15) is 9.59 Å². The van der Waals surface area contributed by atoms with Crippen LogP contribution in [0.2, 0.25) is 0 Å². The predicted molar refractivity (Wildman–Crippen MR) is 86.8 cm³/mol. The predicted octanol–water partition coefficient (Wildman–Crippen LogP) is 2.53. The third-order valence-corrected chi connectivity index (χ3v) is 3.49. The van der Waals surface area contributed by atoms with Crippen molar-refractivity contribution in [2.24, 2.45) is 5.73 Å². The number of aryl methyl sites for hydroxylation is 1. The number of amides is 1. The number of nitrogens with zero attached hydrogens (tertiary/aromatic N) is 1. The number of benzene rings is 2. The van der Waals surface area contributed by atoms with E-state index in [1.165, 1.54) is 0 Å². The molecule has 1 amide bonds. The quantitative estimate of drug-likeness (QED) is 0.703. The molecule has 0 bridgehead atoms. The van der Waals surface area contributed by atoms with E-state index in [2.05, 4.69) is 4.98 Å². The number of aromatic nitrogens is 1. The van der Waals surface area contributed by atoms with E-state index >= 15 is 0 Å². The van der Waals surface area contributed by atoms with Gasteiger partial charge in [-0.3, -0.25) is 9.59 Å². The molecule has 1 atom stereocenters. The Bertz CT molecular complexity index is 825. The van der Waals surface area contributed by atoms with Crippen molar-refractivity contribution >= 4 is 23.0 Å². The Labute approximate surface area is 138 Å². The molecule has 2 N–H and O–H groups in total. The van der Waals surface area contributed by atoms with Gasteiger partial charge in [0.1, 0.15) is 5.52 Å². The van der Waals surface area contributed by atoms with E-state index in [0.29, 0.717) is 17.0 Å². The summed E-state index contributed by atoms with van der Waals surface area (Å²) in [6.07, 6.45) is -0.764. The molecule has 0 saturated carbocycles. The van der Waals surface area contributed by atoms with E-state index in [1.54, 1.807) is 30.3 Å². The zero-order valence-electron chi connectivity index (χ0n) is 12.8. The van der Waals surface area contributed by atoms with Gasteiger partial charge in [0.25, 0.3) is 5.91 Å². The number of para-hydroxylation sites is 2. The second kappa shape index (κ2) is 6.95. The monoisotopic (exact) mass is 324 g/mol. The fourth-order valence-corrected chi connectivity index (χ4v) is 2.34. The van der Waals surface area contributed by atoms with Crippen LogP contribution in [0.15, 0.2) is 59.0 Å². The summed E-state index contributed by atoms with van der Waals surface area (Å²) in [5, 5.41) is 0. The number of carbonyl (C=O) groups is 2. The number of nitrogens with two attached hydrogens (primary N) is 1. The first-order valence-electron chi connectivity index (χ1n) is 7.51. The molecule has 6 heteroatoms. The van der Waals surface area contributed by atoms with E-state index in [4.69, 9.17) is 14.9 Å². The molecule has 2 aromatic carbocycles. The lowest BCUT2D eigenvalue weighted by atomic mass is 10.1. The van der Waals surface area contributed by atoms with Crippen molar-refractivity contribution in [3.8, 4) is 0 Å². The Kier molecular flexibility index (Phi) is 4.56. The number of esters is 1. The smallest absolute Gasteiger partial charge is 0.307 e. The van der Waals surface area contributed by atoms with Crippen LogP contribution in [0.4, 0.5) is 0 Å². The van der Waals surface area contributed by atoms with Gasteiger partial charge in [0.2, 0.25) is 6.10 Å². The number of ether oxygens (including phenoxy) is 1. The number of rotatable bonds is 6. The standard InChI is InChI=1S/C18H16N2O4/c19-18(22)17(12-6-2-1-3-7-12)24-16(21)11-10-15-20-13-8-4-5-9-14(13)23-15/h1-9,17H,10-11H2,(H2,19,22). The van der Waals surface area contributed by atoms with Gasteiger partial charge < -0.3 is 14.9 Å². The summed E-state index contributed by atoms with van der Waals surface area (Å²) in [7, 11) is 0. The molecular weight excluding hydrogens is 308 g/mol. The van der Waals surface area contributed by atoms with Crippen LogP contribution in [-0.4, -0.2) is 16.9 Å². The van der Waals surface area contributed by atoms with Crippen LogP contribution >= 0.6 is 0 Å². The maximum atomic E-state index is 12.0. The molecule has 1 unspecified atom stereocenters. The van der Waals surface area contributed by atoms with Gasteiger partial charge in [0, 0.05) is 12.0 Å². The Balaban J connectivity index is 1.62. The minimum absolute atomic E-state index is 0.0451. The van der Waals surface area contributed by atoms with Crippen LogP contribution < -0.4 is 5.73 Å². The van der Waals surface area contributed by atoms with Crippen molar-refractivity contribution in [1.29, 1.82) is 0 Å². The van der Waals surface area contributed by atoms with Gasteiger partial charge in [-0.15, -0.1) is 0 Å². The van der Waals surface area contributed by atoms with E-state index in [1.807, 2.05) is 24.3 Å². The Morgan fingerprint density at radius 1 is 1.08 bits per heavy atom. The Morgan fingerprint density at radius 2 is 1.79 bits per heavy atom. The first-order valence-corrected chi connectivity index (χ1v) is 7.51. The Morgan fingerprint density at radius 3 is 2.50 bits per heavy atom. The Hall–Kier alpha value is -3.15. The van der Waals surface area contributed by atoms with Crippen LogP contribution in [0.25, 0.3) is 11.1 Å². The van der Waals surface area contributed by atoms with Crippen molar-refractivity contribution in [3.63, 3.8) is 0 Å². The summed E-state index contributed by atoms with van der Waals surface area (Å²) in [5.74, 6) is -0.801. The number of oxazole rings is 1. The van der Waals surface area contributed by atoms with Gasteiger partial charge in [0.15, 0.2) is 11.5 Å². The van der Waals surface area contributed by atoms with Gasteiger partial charge in [-0.1, -0.05) is 42.5 Å². The molecule has 0 radical (unpaired) electrons. The molecule has 3 aromatic rings. The summed E-state index contributed by atoms with van der Waals surface area (Å²) in [6.45, 7) is 0. The second-order valence-corrected chi connectivity index (χ2v) is 5.26. The third kappa shape index (κ3) is 3.60. The average molecular weight is 324 g/mol. The summed E-state index contributed by atoms with van der Waals surface area (Å²) in [5.41, 5.74) is 7.27. The molecule has 0 fully saturated rings. The molecule has 0 aliphatic carbocycles. The number of hydrogen-bond donors (Lipinski definition) is 1. The molecule has 0 saturated heterocycles. The van der Waals surface area contributed by atoms with Gasteiger partial charge in [-0.2, -0.15) is 0 Å². The summed E-state index contributed by atoms with van der Waals surface area (Å²) in [4.78, 5) is 27.9. The highest BCUT2D eigenvalue weighted by atomic mass is 16.5. The molecule has 1 aromatic heterocycles. The second-order valence-electron chi connectivity index (χ2n) is 5.26. The fraction of sp³-hybridized carbons (Fsp3) is 0.167. The fourth-order valence-electron chi connectivity index (χ4n) is 2.34. The van der Waals surface area contributed by atoms with E-state index < -0.39 is 18.0 Å². The molecule has 1 heterocycles. The maximum Gasteiger partial charge on any atom is 0.307 e. The normalized spacial score (nSPS) is 12.0. The molecule has 3 rings (SSSR count). The van der Waals surface area contributed by atoms with Gasteiger partial charge >= 0.3 is 5.97 Å². The zero-order chi connectivity index (χ0) is 16.9. The highest BCUT2D eigenvalue weighted by molar-refractivity contribution is 5.83. The van der Waals surface area contributed by atoms with Crippen LogP contribution in [0, 0.1) is 0 Å². The van der Waals surface area contributed by atoms with Gasteiger partial charge in [-0.05, 0) is 12.1 Å². The highest BCUT2D eigenvalue weighted by Crippen LogP contribution is 2.19. The molecular formula is C18H16N2O4. The van der Waals surface area contributed by atoms with Crippen molar-refractivity contribution in [1.82, 2.24) is 4.98 Å². The van der Waals surface area contributed by atoms with Crippen molar-refractivity contribution in [2.45, 2.75) is 18.9 Å². The lowest BCUT2D eigenvalue weighted by Gasteiger charge is -2.14.